The van der Waals surface area contributed by atoms with Crippen molar-refractivity contribution in [2.75, 3.05) is 13.2 Å². The maximum atomic E-state index is 12.4. The van der Waals surface area contributed by atoms with Crippen LogP contribution in [-0.4, -0.2) is 53.0 Å². The highest BCUT2D eigenvalue weighted by Crippen LogP contribution is 2.45. The van der Waals surface area contributed by atoms with E-state index in [-0.39, 0.29) is 11.5 Å². The molecule has 1 aliphatic carbocycles. The molecule has 0 aromatic carbocycles. The summed E-state index contributed by atoms with van der Waals surface area (Å²) in [6.45, 7) is 6.98. The summed E-state index contributed by atoms with van der Waals surface area (Å²) >= 11 is 0. The largest absolute Gasteiger partial charge is 0.444 e. The van der Waals surface area contributed by atoms with Crippen LogP contribution >= 0.6 is 0 Å². The molecule has 2 atom stereocenters. The molecule has 5 heteroatoms. The minimum Gasteiger partial charge on any atom is -0.444 e. The van der Waals surface area contributed by atoms with Crippen molar-refractivity contribution < 1.29 is 14.6 Å². The van der Waals surface area contributed by atoms with Gasteiger partial charge in [-0.1, -0.05) is 0 Å². The summed E-state index contributed by atoms with van der Waals surface area (Å²) in [6.07, 6.45) is 6.34. The molecule has 2 saturated heterocycles. The minimum absolute atomic E-state index is 0.146. The van der Waals surface area contributed by atoms with Crippen molar-refractivity contribution in [3.8, 4) is 0 Å². The first-order valence-corrected chi connectivity index (χ1v) is 8.67. The van der Waals surface area contributed by atoms with E-state index in [0.717, 1.165) is 45.1 Å². The van der Waals surface area contributed by atoms with Gasteiger partial charge in [-0.05, 0) is 59.3 Å². The molecule has 0 aromatic rings. The second-order valence-corrected chi connectivity index (χ2v) is 8.48. The summed E-state index contributed by atoms with van der Waals surface area (Å²) in [5, 5.41) is 13.1. The van der Waals surface area contributed by atoms with Crippen LogP contribution in [0.4, 0.5) is 4.79 Å². The van der Waals surface area contributed by atoms with Gasteiger partial charge in [-0.25, -0.2) is 4.79 Å². The third-order valence-electron chi connectivity index (χ3n) is 5.40. The van der Waals surface area contributed by atoms with Crippen molar-refractivity contribution in [2.24, 2.45) is 5.41 Å². The number of carbonyl (C=O) groups excluding carboxylic acids is 1. The van der Waals surface area contributed by atoms with E-state index in [1.807, 2.05) is 25.7 Å². The number of aliphatic hydroxyl groups excluding tert-OH is 1. The second-order valence-electron chi connectivity index (χ2n) is 8.48. The van der Waals surface area contributed by atoms with Gasteiger partial charge in [0.2, 0.25) is 0 Å². The molecule has 3 rings (SSSR count). The maximum Gasteiger partial charge on any atom is 0.410 e. The highest BCUT2D eigenvalue weighted by Gasteiger charge is 2.46. The predicted octanol–water partition coefficient (Wildman–Crippen LogP) is 2.28. The van der Waals surface area contributed by atoms with Crippen molar-refractivity contribution in [3.63, 3.8) is 0 Å². The zero-order valence-electron chi connectivity index (χ0n) is 14.1. The van der Waals surface area contributed by atoms with Crippen LogP contribution < -0.4 is 5.32 Å². The fourth-order valence-corrected chi connectivity index (χ4v) is 3.88. The Hall–Kier alpha value is -0.810. The molecule has 1 saturated carbocycles. The Kier molecular flexibility index (Phi) is 4.14. The molecule has 3 aliphatic rings. The molecule has 2 bridgehead atoms. The van der Waals surface area contributed by atoms with Gasteiger partial charge in [-0.2, -0.15) is 0 Å². The lowest BCUT2D eigenvalue weighted by atomic mass is 9.96. The molecule has 5 nitrogen and oxygen atoms in total. The van der Waals surface area contributed by atoms with Crippen LogP contribution in [0.2, 0.25) is 0 Å². The van der Waals surface area contributed by atoms with E-state index in [2.05, 4.69) is 5.32 Å². The summed E-state index contributed by atoms with van der Waals surface area (Å²) in [5.74, 6) is 0. The number of fused-ring (bicyclic) bond motifs is 2. The van der Waals surface area contributed by atoms with Crippen molar-refractivity contribution >= 4 is 6.09 Å². The molecule has 1 amide bonds. The van der Waals surface area contributed by atoms with Crippen molar-refractivity contribution in [2.45, 2.75) is 83.0 Å². The van der Waals surface area contributed by atoms with Crippen LogP contribution in [-0.2, 0) is 4.74 Å². The molecule has 3 fully saturated rings. The summed E-state index contributed by atoms with van der Waals surface area (Å²) in [6, 6.07) is 1.10. The number of rotatable bonds is 4. The molecular formula is C17H30N2O3. The number of nitrogens with one attached hydrogen (secondary N) is 1. The first-order valence-electron chi connectivity index (χ1n) is 8.67. The van der Waals surface area contributed by atoms with Crippen LogP contribution in [0.15, 0.2) is 0 Å². The van der Waals surface area contributed by atoms with Gasteiger partial charge in [0.1, 0.15) is 5.60 Å². The van der Waals surface area contributed by atoms with E-state index in [0.29, 0.717) is 24.7 Å². The molecule has 2 aliphatic heterocycles. The zero-order valence-corrected chi connectivity index (χ0v) is 14.1. The smallest absolute Gasteiger partial charge is 0.410 e. The van der Waals surface area contributed by atoms with E-state index in [1.54, 1.807) is 0 Å². The SMILES string of the molecule is CC(C)(C)OC(=O)N1C2CCC1CC(NCC1(CO)CC1)C2. The summed E-state index contributed by atoms with van der Waals surface area (Å²) < 4.78 is 5.57. The summed E-state index contributed by atoms with van der Waals surface area (Å²) in [4.78, 5) is 14.4. The Morgan fingerprint density at radius 2 is 1.86 bits per heavy atom. The predicted molar refractivity (Wildman–Crippen MR) is 84.7 cm³/mol. The first kappa shape index (κ1) is 16.1. The van der Waals surface area contributed by atoms with E-state index in [4.69, 9.17) is 4.74 Å². The van der Waals surface area contributed by atoms with Crippen LogP contribution in [0, 0.1) is 5.41 Å². The molecule has 0 aromatic heterocycles. The van der Waals surface area contributed by atoms with Crippen LogP contribution in [0.5, 0.6) is 0 Å². The molecular weight excluding hydrogens is 280 g/mol. The molecule has 22 heavy (non-hydrogen) atoms. The number of hydrogen-bond donors (Lipinski definition) is 2. The highest BCUT2D eigenvalue weighted by atomic mass is 16.6. The number of carbonyl (C=O) groups is 1. The average molecular weight is 310 g/mol. The van der Waals surface area contributed by atoms with Gasteiger partial charge in [-0.3, -0.25) is 0 Å². The zero-order chi connectivity index (χ0) is 16.0. The van der Waals surface area contributed by atoms with Crippen LogP contribution in [0.25, 0.3) is 0 Å². The topological polar surface area (TPSA) is 61.8 Å². The molecule has 0 radical (unpaired) electrons. The van der Waals surface area contributed by atoms with Crippen molar-refractivity contribution in [3.05, 3.63) is 0 Å². The fourth-order valence-electron chi connectivity index (χ4n) is 3.88. The average Bonchev–Trinajstić information content (AvgIpc) is 3.15. The molecule has 2 heterocycles. The van der Waals surface area contributed by atoms with Gasteiger partial charge in [0.15, 0.2) is 0 Å². The molecule has 126 valence electrons. The lowest BCUT2D eigenvalue weighted by Gasteiger charge is -2.40. The molecule has 2 N–H and O–H groups in total. The van der Waals surface area contributed by atoms with E-state index >= 15 is 0 Å². The number of aliphatic hydroxyl groups is 1. The van der Waals surface area contributed by atoms with Gasteiger partial charge in [-0.15, -0.1) is 0 Å². The Bertz CT molecular complexity index is 414. The second kappa shape index (κ2) is 5.68. The standard InChI is InChI=1S/C17H30N2O3/c1-16(2,3)22-15(21)19-13-4-5-14(19)9-12(8-13)18-10-17(11-20)6-7-17/h12-14,18,20H,4-11H2,1-3H3. The summed E-state index contributed by atoms with van der Waals surface area (Å²) in [5.41, 5.74) is -0.271. The van der Waals surface area contributed by atoms with Gasteiger partial charge < -0.3 is 20.1 Å². The Morgan fingerprint density at radius 1 is 1.27 bits per heavy atom. The van der Waals surface area contributed by atoms with E-state index in [9.17, 15) is 9.90 Å². The Morgan fingerprint density at radius 3 is 2.32 bits per heavy atom. The summed E-state index contributed by atoms with van der Waals surface area (Å²) in [7, 11) is 0. The number of ether oxygens (including phenoxy) is 1. The quantitative estimate of drug-likeness (QED) is 0.836. The number of hydrogen-bond acceptors (Lipinski definition) is 4. The monoisotopic (exact) mass is 310 g/mol. The normalized spacial score (nSPS) is 32.9. The number of nitrogens with zero attached hydrogens (tertiary/aromatic N) is 1. The van der Waals surface area contributed by atoms with Gasteiger partial charge in [0.05, 0.1) is 0 Å². The maximum absolute atomic E-state index is 12.4. The lowest BCUT2D eigenvalue weighted by molar-refractivity contribution is 0.00443. The van der Waals surface area contributed by atoms with Crippen molar-refractivity contribution in [1.29, 1.82) is 0 Å². The van der Waals surface area contributed by atoms with E-state index < -0.39 is 5.60 Å². The number of amides is 1. The van der Waals surface area contributed by atoms with Gasteiger partial charge in [0.25, 0.3) is 0 Å². The molecule has 0 spiro atoms. The minimum atomic E-state index is -0.425. The van der Waals surface area contributed by atoms with Crippen molar-refractivity contribution in [1.82, 2.24) is 10.2 Å². The van der Waals surface area contributed by atoms with Gasteiger partial charge >= 0.3 is 6.09 Å². The van der Waals surface area contributed by atoms with Crippen LogP contribution in [0.3, 0.4) is 0 Å². The van der Waals surface area contributed by atoms with Gasteiger partial charge in [0, 0.05) is 36.7 Å². The molecule has 2 unspecified atom stereocenters. The number of piperidine rings is 1. The lowest BCUT2D eigenvalue weighted by Crippen LogP contribution is -2.53. The fraction of sp³-hybridized carbons (Fsp3) is 0.941. The Balaban J connectivity index is 1.54. The highest BCUT2D eigenvalue weighted by molar-refractivity contribution is 5.69. The Labute approximate surface area is 133 Å². The van der Waals surface area contributed by atoms with Crippen LogP contribution in [0.1, 0.15) is 59.3 Å². The van der Waals surface area contributed by atoms with E-state index in [1.165, 1.54) is 0 Å². The third kappa shape index (κ3) is 3.40. The first-order chi connectivity index (χ1) is 10.3. The third-order valence-corrected chi connectivity index (χ3v) is 5.40.